The van der Waals surface area contributed by atoms with Crippen LogP contribution in [0, 0.1) is 5.82 Å². The maximum Gasteiger partial charge on any atom is 0.359 e. The molecule has 4 nitrogen and oxygen atoms in total. The van der Waals surface area contributed by atoms with E-state index in [2.05, 4.69) is 5.10 Å². The van der Waals surface area contributed by atoms with Gasteiger partial charge in [0.2, 0.25) is 0 Å². The van der Waals surface area contributed by atoms with Gasteiger partial charge in [-0.3, -0.25) is 4.68 Å². The highest BCUT2D eigenvalue weighted by molar-refractivity contribution is 5.95. The van der Waals surface area contributed by atoms with E-state index < -0.39 is 5.97 Å². The Morgan fingerprint density at radius 2 is 2.06 bits per heavy atom. The Morgan fingerprint density at radius 1 is 1.39 bits per heavy atom. The minimum absolute atomic E-state index is 0.242. The van der Waals surface area contributed by atoms with Crippen molar-refractivity contribution >= 4 is 5.97 Å². The number of rotatable bonds is 3. The lowest BCUT2D eigenvalue weighted by Gasteiger charge is -2.02. The average Bonchev–Trinajstić information content (AvgIpc) is 2.73. The van der Waals surface area contributed by atoms with Gasteiger partial charge in [-0.2, -0.15) is 5.10 Å². The summed E-state index contributed by atoms with van der Waals surface area (Å²) in [6.07, 6.45) is 1.71. The first-order valence-electron chi connectivity index (χ1n) is 5.58. The number of esters is 1. The zero-order valence-electron chi connectivity index (χ0n) is 10.2. The van der Waals surface area contributed by atoms with Gasteiger partial charge in [0.25, 0.3) is 0 Å². The summed E-state index contributed by atoms with van der Waals surface area (Å²) in [5.41, 5.74) is 1.61. The summed E-state index contributed by atoms with van der Waals surface area (Å²) in [6, 6.07) is 5.90. The minimum atomic E-state index is -0.475. The summed E-state index contributed by atoms with van der Waals surface area (Å²) in [5, 5.41) is 4.08. The number of carbonyl (C=O) groups excluding carboxylic acids is 1. The van der Waals surface area contributed by atoms with Gasteiger partial charge in [0.15, 0.2) is 5.69 Å². The Morgan fingerprint density at radius 3 is 2.67 bits per heavy atom. The molecule has 0 unspecified atom stereocenters. The predicted octanol–water partition coefficient (Wildman–Crippen LogP) is 2.40. The Hall–Kier alpha value is -2.17. The molecule has 0 radical (unpaired) electrons. The van der Waals surface area contributed by atoms with Crippen LogP contribution >= 0.6 is 0 Å². The standard InChI is InChI=1S/C13H13FN2O2/c1-3-18-13(17)12-11(8-16(2)15-12)9-4-6-10(14)7-5-9/h4-8H,3H2,1-2H3. The van der Waals surface area contributed by atoms with Crippen molar-refractivity contribution in [1.29, 1.82) is 0 Å². The molecule has 0 bridgehead atoms. The van der Waals surface area contributed by atoms with E-state index in [1.54, 1.807) is 32.3 Å². The molecule has 2 rings (SSSR count). The Bertz CT molecular complexity index is 561. The Balaban J connectivity index is 2.44. The number of halogens is 1. The van der Waals surface area contributed by atoms with Crippen LogP contribution in [0.1, 0.15) is 17.4 Å². The molecular formula is C13H13FN2O2. The maximum atomic E-state index is 12.9. The van der Waals surface area contributed by atoms with Crippen molar-refractivity contribution in [2.24, 2.45) is 7.05 Å². The molecule has 0 fully saturated rings. The highest BCUT2D eigenvalue weighted by Crippen LogP contribution is 2.23. The van der Waals surface area contributed by atoms with E-state index in [9.17, 15) is 9.18 Å². The second kappa shape index (κ2) is 5.00. The van der Waals surface area contributed by atoms with Gasteiger partial charge in [-0.25, -0.2) is 9.18 Å². The van der Waals surface area contributed by atoms with Crippen LogP contribution < -0.4 is 0 Å². The normalized spacial score (nSPS) is 10.4. The van der Waals surface area contributed by atoms with Gasteiger partial charge >= 0.3 is 5.97 Å². The summed E-state index contributed by atoms with van der Waals surface area (Å²) in [6.45, 7) is 2.02. The third-order valence-corrected chi connectivity index (χ3v) is 2.45. The third-order valence-electron chi connectivity index (χ3n) is 2.45. The molecule has 0 spiro atoms. The lowest BCUT2D eigenvalue weighted by molar-refractivity contribution is 0.0519. The summed E-state index contributed by atoms with van der Waals surface area (Å²) >= 11 is 0. The van der Waals surface area contributed by atoms with E-state index in [1.165, 1.54) is 16.8 Å². The minimum Gasteiger partial charge on any atom is -0.461 e. The van der Waals surface area contributed by atoms with Crippen LogP contribution in [0.3, 0.4) is 0 Å². The van der Waals surface area contributed by atoms with Crippen LogP contribution in [-0.4, -0.2) is 22.4 Å². The zero-order chi connectivity index (χ0) is 13.1. The second-order valence-corrected chi connectivity index (χ2v) is 3.79. The number of hydrogen-bond donors (Lipinski definition) is 0. The summed E-state index contributed by atoms with van der Waals surface area (Å²) in [7, 11) is 1.72. The topological polar surface area (TPSA) is 44.1 Å². The molecular weight excluding hydrogens is 235 g/mol. The number of benzene rings is 1. The molecule has 1 aromatic heterocycles. The number of nitrogens with zero attached hydrogens (tertiary/aromatic N) is 2. The largest absolute Gasteiger partial charge is 0.461 e. The summed E-state index contributed by atoms with van der Waals surface area (Å²) in [4.78, 5) is 11.7. The van der Waals surface area contributed by atoms with Gasteiger partial charge in [-0.1, -0.05) is 12.1 Å². The van der Waals surface area contributed by atoms with Gasteiger partial charge in [-0.05, 0) is 24.6 Å². The van der Waals surface area contributed by atoms with E-state index in [-0.39, 0.29) is 18.1 Å². The van der Waals surface area contributed by atoms with Crippen molar-refractivity contribution in [2.45, 2.75) is 6.92 Å². The fourth-order valence-electron chi connectivity index (χ4n) is 1.68. The second-order valence-electron chi connectivity index (χ2n) is 3.79. The van der Waals surface area contributed by atoms with E-state index >= 15 is 0 Å². The molecule has 0 aliphatic rings. The Kier molecular flexibility index (Phi) is 3.41. The van der Waals surface area contributed by atoms with Gasteiger partial charge < -0.3 is 4.74 Å². The van der Waals surface area contributed by atoms with E-state index in [0.717, 1.165) is 5.56 Å². The van der Waals surface area contributed by atoms with Crippen LogP contribution in [-0.2, 0) is 11.8 Å². The van der Waals surface area contributed by atoms with Crippen molar-refractivity contribution in [3.05, 3.63) is 42.0 Å². The molecule has 1 aromatic carbocycles. The smallest absolute Gasteiger partial charge is 0.359 e. The molecule has 0 amide bonds. The van der Waals surface area contributed by atoms with E-state index in [0.29, 0.717) is 5.56 Å². The maximum absolute atomic E-state index is 12.9. The monoisotopic (exact) mass is 248 g/mol. The van der Waals surface area contributed by atoms with Crippen molar-refractivity contribution in [2.75, 3.05) is 6.61 Å². The fourth-order valence-corrected chi connectivity index (χ4v) is 1.68. The first-order chi connectivity index (χ1) is 8.61. The fraction of sp³-hybridized carbons (Fsp3) is 0.231. The van der Waals surface area contributed by atoms with E-state index in [1.807, 2.05) is 0 Å². The number of hydrogen-bond acceptors (Lipinski definition) is 3. The summed E-state index contributed by atoms with van der Waals surface area (Å²) in [5.74, 6) is -0.794. The molecule has 2 aromatic rings. The molecule has 5 heteroatoms. The van der Waals surface area contributed by atoms with Gasteiger partial charge in [-0.15, -0.1) is 0 Å². The lowest BCUT2D eigenvalue weighted by atomic mass is 10.1. The molecule has 0 atom stereocenters. The van der Waals surface area contributed by atoms with Crippen LogP contribution in [0.25, 0.3) is 11.1 Å². The van der Waals surface area contributed by atoms with Crippen molar-refractivity contribution < 1.29 is 13.9 Å². The van der Waals surface area contributed by atoms with Gasteiger partial charge in [0.1, 0.15) is 5.82 Å². The molecule has 18 heavy (non-hydrogen) atoms. The molecule has 1 heterocycles. The van der Waals surface area contributed by atoms with Gasteiger partial charge in [0.05, 0.1) is 6.61 Å². The molecule has 0 saturated heterocycles. The molecule has 0 N–H and O–H groups in total. The molecule has 94 valence electrons. The lowest BCUT2D eigenvalue weighted by Crippen LogP contribution is -2.07. The first-order valence-corrected chi connectivity index (χ1v) is 5.58. The number of ether oxygens (including phenoxy) is 1. The first kappa shape index (κ1) is 12.3. The molecule has 0 saturated carbocycles. The third kappa shape index (κ3) is 2.40. The zero-order valence-corrected chi connectivity index (χ0v) is 10.2. The summed E-state index contributed by atoms with van der Waals surface area (Å²) < 4.78 is 19.3. The van der Waals surface area contributed by atoms with Crippen LogP contribution in [0.4, 0.5) is 4.39 Å². The molecule has 0 aliphatic heterocycles. The molecule has 0 aliphatic carbocycles. The Labute approximate surface area is 104 Å². The van der Waals surface area contributed by atoms with Crippen molar-refractivity contribution in [1.82, 2.24) is 9.78 Å². The average molecular weight is 248 g/mol. The highest BCUT2D eigenvalue weighted by atomic mass is 19.1. The van der Waals surface area contributed by atoms with E-state index in [4.69, 9.17) is 4.74 Å². The number of carbonyl (C=O) groups is 1. The number of aromatic nitrogens is 2. The highest BCUT2D eigenvalue weighted by Gasteiger charge is 2.18. The van der Waals surface area contributed by atoms with Crippen LogP contribution in [0.2, 0.25) is 0 Å². The SMILES string of the molecule is CCOC(=O)c1nn(C)cc1-c1ccc(F)cc1. The van der Waals surface area contributed by atoms with Crippen LogP contribution in [0.15, 0.2) is 30.5 Å². The van der Waals surface area contributed by atoms with Crippen molar-refractivity contribution in [3.63, 3.8) is 0 Å². The van der Waals surface area contributed by atoms with Crippen LogP contribution in [0.5, 0.6) is 0 Å². The quantitative estimate of drug-likeness (QED) is 0.783. The number of aryl methyl sites for hydroxylation is 1. The van der Waals surface area contributed by atoms with Crippen molar-refractivity contribution in [3.8, 4) is 11.1 Å². The predicted molar refractivity (Wildman–Crippen MR) is 64.6 cm³/mol. The van der Waals surface area contributed by atoms with Gasteiger partial charge in [0, 0.05) is 18.8 Å².